The Kier molecular flexibility index (Phi) is 7.04. The molecule has 10 nitrogen and oxygen atoms in total. The molecule has 3 heterocycles. The molecule has 0 N–H and O–H groups in total. The number of anilines is 1. The van der Waals surface area contributed by atoms with Gasteiger partial charge in [-0.3, -0.25) is 4.79 Å². The van der Waals surface area contributed by atoms with Crippen LogP contribution in [0.4, 0.5) is 5.69 Å². The summed E-state index contributed by atoms with van der Waals surface area (Å²) in [5.74, 6) is 0.815. The summed E-state index contributed by atoms with van der Waals surface area (Å²) in [6.07, 6.45) is 4.65. The Hall–Kier alpha value is -4.18. The fourth-order valence-corrected chi connectivity index (χ4v) is 4.87. The third-order valence-corrected chi connectivity index (χ3v) is 6.83. The molecule has 1 fully saturated rings. The molecule has 1 aliphatic rings. The molecule has 192 valence electrons. The molecule has 0 radical (unpaired) electrons. The first kappa shape index (κ1) is 25.9. The van der Waals surface area contributed by atoms with Crippen molar-refractivity contribution in [1.29, 1.82) is 10.5 Å². The summed E-state index contributed by atoms with van der Waals surface area (Å²) in [6.45, 7) is 7.70. The Morgan fingerprint density at radius 2 is 1.92 bits per heavy atom. The third-order valence-electron chi connectivity index (χ3n) is 6.83. The number of pyridine rings is 2. The molecule has 3 aromatic rings. The molecular formula is C27H31N7O3. The lowest BCUT2D eigenvalue weighted by Gasteiger charge is -2.36. The van der Waals surface area contributed by atoms with Crippen LogP contribution in [-0.4, -0.2) is 38.9 Å². The van der Waals surface area contributed by atoms with E-state index in [0.717, 1.165) is 31.4 Å². The SMILES string of the molecule is Cc1ocnc1/C(=N/OC(C)(C)C)C1CCC(N(C)c2c(C#N)c(=O)n(C)c3ccc(C#N)nc23)CC1. The van der Waals surface area contributed by atoms with Gasteiger partial charge in [0, 0.05) is 26.1 Å². The van der Waals surface area contributed by atoms with Gasteiger partial charge in [-0.15, -0.1) is 0 Å². The summed E-state index contributed by atoms with van der Waals surface area (Å²) in [5.41, 5.74) is 2.44. The Balaban J connectivity index is 1.66. The first-order valence-electron chi connectivity index (χ1n) is 12.3. The van der Waals surface area contributed by atoms with Crippen molar-refractivity contribution in [3.8, 4) is 12.1 Å². The molecule has 0 amide bonds. The topological polar surface area (TPSA) is 133 Å². The lowest BCUT2D eigenvalue weighted by molar-refractivity contribution is -0.0000853. The van der Waals surface area contributed by atoms with Crippen LogP contribution in [0.2, 0.25) is 0 Å². The second-order valence-electron chi connectivity index (χ2n) is 10.4. The zero-order valence-electron chi connectivity index (χ0n) is 22.1. The normalized spacial score (nSPS) is 18.3. The lowest BCUT2D eigenvalue weighted by atomic mass is 9.81. The van der Waals surface area contributed by atoms with E-state index >= 15 is 0 Å². The maximum Gasteiger partial charge on any atom is 0.270 e. The fourth-order valence-electron chi connectivity index (χ4n) is 4.87. The average molecular weight is 502 g/mol. The van der Waals surface area contributed by atoms with Crippen LogP contribution in [0.1, 0.15) is 69.2 Å². The van der Waals surface area contributed by atoms with E-state index in [9.17, 15) is 15.3 Å². The highest BCUT2D eigenvalue weighted by Crippen LogP contribution is 2.35. The summed E-state index contributed by atoms with van der Waals surface area (Å²) in [6, 6.07) is 7.49. The van der Waals surface area contributed by atoms with Crippen LogP contribution in [0.15, 0.2) is 32.9 Å². The van der Waals surface area contributed by atoms with E-state index in [2.05, 4.69) is 27.3 Å². The number of rotatable bonds is 5. The average Bonchev–Trinajstić information content (AvgIpc) is 3.30. The molecule has 37 heavy (non-hydrogen) atoms. The van der Waals surface area contributed by atoms with Crippen LogP contribution >= 0.6 is 0 Å². The quantitative estimate of drug-likeness (QED) is 0.375. The molecule has 0 spiro atoms. The highest BCUT2D eigenvalue weighted by molar-refractivity contribution is 6.01. The monoisotopic (exact) mass is 501 g/mol. The Labute approximate surface area is 215 Å². The van der Waals surface area contributed by atoms with E-state index in [4.69, 9.17) is 9.25 Å². The van der Waals surface area contributed by atoms with Gasteiger partial charge in [0.15, 0.2) is 6.39 Å². The predicted molar refractivity (Wildman–Crippen MR) is 139 cm³/mol. The number of fused-ring (bicyclic) bond motifs is 1. The smallest absolute Gasteiger partial charge is 0.270 e. The Morgan fingerprint density at radius 3 is 2.49 bits per heavy atom. The van der Waals surface area contributed by atoms with Crippen molar-refractivity contribution in [2.75, 3.05) is 11.9 Å². The van der Waals surface area contributed by atoms with Crippen LogP contribution in [0, 0.1) is 35.5 Å². The maximum atomic E-state index is 13.0. The summed E-state index contributed by atoms with van der Waals surface area (Å²) >= 11 is 0. The maximum absolute atomic E-state index is 13.0. The minimum absolute atomic E-state index is 0.0289. The second kappa shape index (κ2) is 10.1. The molecule has 1 aliphatic carbocycles. The molecule has 0 bridgehead atoms. The van der Waals surface area contributed by atoms with Gasteiger partial charge in [-0.1, -0.05) is 5.16 Å². The molecule has 1 saturated carbocycles. The molecule has 0 aromatic carbocycles. The van der Waals surface area contributed by atoms with Crippen molar-refractivity contribution in [3.63, 3.8) is 0 Å². The Bertz CT molecular complexity index is 1490. The number of hydrogen-bond donors (Lipinski definition) is 0. The van der Waals surface area contributed by atoms with E-state index in [0.29, 0.717) is 28.2 Å². The van der Waals surface area contributed by atoms with E-state index in [1.807, 2.05) is 39.6 Å². The summed E-state index contributed by atoms with van der Waals surface area (Å²) < 4.78 is 6.85. The van der Waals surface area contributed by atoms with Gasteiger partial charge in [-0.05, 0) is 65.5 Å². The van der Waals surface area contributed by atoms with Crippen molar-refractivity contribution in [2.24, 2.45) is 18.1 Å². The number of nitriles is 2. The molecule has 3 aromatic heterocycles. The highest BCUT2D eigenvalue weighted by Gasteiger charge is 2.32. The van der Waals surface area contributed by atoms with Gasteiger partial charge in [-0.2, -0.15) is 10.5 Å². The zero-order chi connectivity index (χ0) is 26.9. The summed E-state index contributed by atoms with van der Waals surface area (Å²) in [4.78, 5) is 29.6. The number of nitrogens with zero attached hydrogens (tertiary/aromatic N) is 7. The zero-order valence-corrected chi connectivity index (χ0v) is 22.1. The number of hydrogen-bond acceptors (Lipinski definition) is 9. The fraction of sp³-hybridized carbons (Fsp3) is 0.481. The second-order valence-corrected chi connectivity index (χ2v) is 10.4. The minimum Gasteiger partial charge on any atom is -0.448 e. The molecule has 0 saturated heterocycles. The first-order chi connectivity index (χ1) is 17.6. The molecule has 0 unspecified atom stereocenters. The van der Waals surface area contributed by atoms with Gasteiger partial charge in [-0.25, -0.2) is 9.97 Å². The van der Waals surface area contributed by atoms with Gasteiger partial charge in [0.1, 0.15) is 51.7 Å². The summed E-state index contributed by atoms with van der Waals surface area (Å²) in [5, 5.41) is 23.8. The van der Waals surface area contributed by atoms with Crippen molar-refractivity contribution in [2.45, 2.75) is 65.0 Å². The lowest BCUT2D eigenvalue weighted by Crippen LogP contribution is -2.39. The molecule has 10 heteroatoms. The van der Waals surface area contributed by atoms with Gasteiger partial charge in [0.2, 0.25) is 0 Å². The third kappa shape index (κ3) is 5.05. The van der Waals surface area contributed by atoms with E-state index < -0.39 is 5.60 Å². The van der Waals surface area contributed by atoms with Crippen LogP contribution in [-0.2, 0) is 11.9 Å². The molecule has 0 atom stereocenters. The van der Waals surface area contributed by atoms with Crippen molar-refractivity contribution >= 4 is 22.4 Å². The predicted octanol–water partition coefficient (Wildman–Crippen LogP) is 4.19. The van der Waals surface area contributed by atoms with Crippen molar-refractivity contribution in [3.05, 3.63) is 51.6 Å². The van der Waals surface area contributed by atoms with Crippen LogP contribution in [0.5, 0.6) is 0 Å². The van der Waals surface area contributed by atoms with Gasteiger partial charge in [0.25, 0.3) is 5.56 Å². The Morgan fingerprint density at radius 1 is 1.22 bits per heavy atom. The van der Waals surface area contributed by atoms with E-state index in [-0.39, 0.29) is 28.8 Å². The number of aromatic nitrogens is 3. The number of oxime groups is 1. The van der Waals surface area contributed by atoms with Crippen LogP contribution in [0.3, 0.4) is 0 Å². The number of aryl methyl sites for hydroxylation is 2. The van der Waals surface area contributed by atoms with Gasteiger partial charge < -0.3 is 18.7 Å². The molecular weight excluding hydrogens is 470 g/mol. The molecule has 0 aliphatic heterocycles. The minimum atomic E-state index is -0.441. The standard InChI is InChI=1S/C27H31N7O3/c1-16-22(30-15-36-16)23(32-37-27(2,3)4)17-7-10-19(11-8-17)33(5)25-20(14-29)26(35)34(6)21-12-9-18(13-28)31-24(21)25/h9,12,15,17,19H,7-8,10-11H2,1-6H3/b32-23+. The highest BCUT2D eigenvalue weighted by atomic mass is 16.6. The van der Waals surface area contributed by atoms with Crippen LogP contribution < -0.4 is 10.5 Å². The summed E-state index contributed by atoms with van der Waals surface area (Å²) in [7, 11) is 3.50. The van der Waals surface area contributed by atoms with Gasteiger partial charge in [0.05, 0.1) is 11.2 Å². The van der Waals surface area contributed by atoms with Crippen LogP contribution in [0.25, 0.3) is 11.0 Å². The largest absolute Gasteiger partial charge is 0.448 e. The van der Waals surface area contributed by atoms with Crippen molar-refractivity contribution < 1.29 is 9.25 Å². The van der Waals surface area contributed by atoms with Crippen molar-refractivity contribution in [1.82, 2.24) is 14.5 Å². The number of oxazole rings is 1. The van der Waals surface area contributed by atoms with Gasteiger partial charge >= 0.3 is 0 Å². The van der Waals surface area contributed by atoms with E-state index in [1.165, 1.54) is 11.0 Å². The molecule has 4 rings (SSSR count). The van der Waals surface area contributed by atoms with E-state index in [1.54, 1.807) is 19.2 Å². The first-order valence-corrected chi connectivity index (χ1v) is 12.3.